The van der Waals surface area contributed by atoms with E-state index >= 15 is 0 Å². The number of ether oxygens (including phenoxy) is 4. The molecule has 0 radical (unpaired) electrons. The van der Waals surface area contributed by atoms with Gasteiger partial charge in [0.25, 0.3) is 0 Å². The van der Waals surface area contributed by atoms with Crippen LogP contribution in [0.5, 0.6) is 28.7 Å². The van der Waals surface area contributed by atoms with E-state index in [1.807, 2.05) is 0 Å². The van der Waals surface area contributed by atoms with Crippen molar-refractivity contribution in [3.8, 4) is 40.1 Å². The number of fused-ring (bicyclic) bond motifs is 1. The third-order valence-electron chi connectivity index (χ3n) is 7.22. The monoisotopic (exact) mass is 611 g/mol. The molecular formula is C27H31O16+. The number of aliphatic hydroxyl groups is 8. The predicted octanol–water partition coefficient (Wildman–Crippen LogP) is -2.14. The molecule has 11 N–H and O–H groups in total. The third kappa shape index (κ3) is 6.11. The van der Waals surface area contributed by atoms with Gasteiger partial charge < -0.3 is 75.1 Å². The van der Waals surface area contributed by atoms with Gasteiger partial charge in [0.05, 0.1) is 11.6 Å². The summed E-state index contributed by atoms with van der Waals surface area (Å²) in [6.45, 7) is -0.959. The van der Waals surface area contributed by atoms with Gasteiger partial charge in [-0.25, -0.2) is 4.42 Å². The molecule has 10 atom stereocenters. The van der Waals surface area contributed by atoms with Crippen LogP contribution < -0.4 is 9.47 Å². The smallest absolute Gasteiger partial charge is 0.402 e. The summed E-state index contributed by atoms with van der Waals surface area (Å²) in [7, 11) is 0. The molecule has 0 bridgehead atoms. The number of phenolic OH excluding ortho intramolecular Hbond substituents is 3. The molecule has 1 aromatic heterocycles. The summed E-state index contributed by atoms with van der Waals surface area (Å²) in [6, 6.07) is 7.53. The normalized spacial score (nSPS) is 32.9. The lowest BCUT2D eigenvalue weighted by atomic mass is 9.99. The van der Waals surface area contributed by atoms with Gasteiger partial charge in [-0.1, -0.05) is 0 Å². The Hall–Kier alpha value is -3.55. The molecule has 0 aliphatic carbocycles. The van der Waals surface area contributed by atoms with E-state index in [0.717, 1.165) is 6.07 Å². The van der Waals surface area contributed by atoms with Crippen LogP contribution in [0.2, 0.25) is 0 Å². The van der Waals surface area contributed by atoms with E-state index in [9.17, 15) is 56.2 Å². The summed E-state index contributed by atoms with van der Waals surface area (Å²) in [5, 5.41) is 110. The fourth-order valence-corrected chi connectivity index (χ4v) is 4.74. The van der Waals surface area contributed by atoms with Crippen LogP contribution in [0, 0.1) is 0 Å². The molecule has 16 nitrogen and oxygen atoms in total. The van der Waals surface area contributed by atoms with Gasteiger partial charge in [-0.3, -0.25) is 0 Å². The molecule has 0 saturated carbocycles. The van der Waals surface area contributed by atoms with Gasteiger partial charge in [0.1, 0.15) is 78.9 Å². The lowest BCUT2D eigenvalue weighted by Gasteiger charge is -2.38. The zero-order valence-electron chi connectivity index (χ0n) is 22.1. The second-order valence-electron chi connectivity index (χ2n) is 10.2. The Labute approximate surface area is 242 Å². The third-order valence-corrected chi connectivity index (χ3v) is 7.22. The standard InChI is InChI=1S/C27H30O16/c28-10-4-14(39-7-17-19(31)21(33)23(35)26(37)42-17)11-6-16(40-8-18-20(32)22(34)24(36)27(38)43-18)25(41-15(11)5-10)9-1-2-12(29)13(30)3-9/h1-6,17-24,26-27,31-38H,7-8H2,(H2-,28,29,30)/p+1/t17-,18-,19-,20-,21+,22+,23-,24-,26?,27?/m1/s1. The second kappa shape index (κ2) is 12.2. The first-order valence-electron chi connectivity index (χ1n) is 13.0. The zero-order chi connectivity index (χ0) is 31.2. The van der Waals surface area contributed by atoms with Crippen molar-refractivity contribution in [3.63, 3.8) is 0 Å². The number of hydrogen-bond donors (Lipinski definition) is 11. The summed E-state index contributed by atoms with van der Waals surface area (Å²) in [6.07, 6.45) is -16.5. The lowest BCUT2D eigenvalue weighted by molar-refractivity contribution is -0.285. The second-order valence-corrected chi connectivity index (χ2v) is 10.2. The Morgan fingerprint density at radius 2 is 1.16 bits per heavy atom. The Bertz CT molecular complexity index is 1450. The fourth-order valence-electron chi connectivity index (χ4n) is 4.74. The van der Waals surface area contributed by atoms with E-state index in [1.54, 1.807) is 0 Å². The molecule has 43 heavy (non-hydrogen) atoms. The maximum Gasteiger partial charge on any atom is 0.402 e. The molecule has 0 spiro atoms. The Kier molecular flexibility index (Phi) is 8.77. The van der Waals surface area contributed by atoms with Crippen LogP contribution in [0.1, 0.15) is 0 Å². The molecule has 3 aromatic rings. The molecule has 3 heterocycles. The molecule has 2 aliphatic rings. The summed E-state index contributed by atoms with van der Waals surface area (Å²) < 4.78 is 27.9. The van der Waals surface area contributed by atoms with Gasteiger partial charge in [-0.15, -0.1) is 0 Å². The van der Waals surface area contributed by atoms with Crippen molar-refractivity contribution in [3.05, 3.63) is 36.4 Å². The minimum absolute atomic E-state index is 0.0217. The van der Waals surface area contributed by atoms with Crippen molar-refractivity contribution in [1.29, 1.82) is 0 Å². The highest BCUT2D eigenvalue weighted by molar-refractivity contribution is 5.89. The summed E-state index contributed by atoms with van der Waals surface area (Å²) in [5.41, 5.74) is 0.215. The van der Waals surface area contributed by atoms with Gasteiger partial charge in [-0.05, 0) is 12.1 Å². The molecule has 2 saturated heterocycles. The average molecular weight is 612 g/mol. The molecule has 2 unspecified atom stereocenters. The van der Waals surface area contributed by atoms with Crippen molar-refractivity contribution in [2.75, 3.05) is 13.2 Å². The van der Waals surface area contributed by atoms with Crippen LogP contribution in [0.4, 0.5) is 0 Å². The van der Waals surface area contributed by atoms with Gasteiger partial charge in [-0.2, -0.15) is 0 Å². The highest BCUT2D eigenvalue weighted by Gasteiger charge is 2.44. The highest BCUT2D eigenvalue weighted by Crippen LogP contribution is 2.42. The molecule has 2 fully saturated rings. The van der Waals surface area contributed by atoms with E-state index in [0.29, 0.717) is 0 Å². The number of phenols is 3. The van der Waals surface area contributed by atoms with Crippen molar-refractivity contribution < 1.29 is 79.5 Å². The van der Waals surface area contributed by atoms with E-state index in [4.69, 9.17) is 23.4 Å². The molecular weight excluding hydrogens is 580 g/mol. The van der Waals surface area contributed by atoms with Crippen molar-refractivity contribution >= 4 is 11.0 Å². The van der Waals surface area contributed by atoms with Gasteiger partial charge in [0.2, 0.25) is 5.75 Å². The van der Waals surface area contributed by atoms with E-state index < -0.39 is 86.1 Å². The number of rotatable bonds is 7. The number of aromatic hydroxyl groups is 3. The van der Waals surface area contributed by atoms with Crippen LogP contribution in [-0.2, 0) is 9.47 Å². The van der Waals surface area contributed by atoms with Gasteiger partial charge in [0.15, 0.2) is 24.1 Å². The first kappa shape index (κ1) is 30.9. The topological polar surface area (TPSA) is 271 Å². The SMILES string of the molecule is Oc1cc(OC[C@H]2OC(O)[C@H](O)[C@@H](O)[C@@H]2O)c2cc(OC[C@H]3OC(O)[C@H](O)[C@@H](O)[C@@H]3O)c(-c3ccc(O)c(O)c3)[o+]c2c1. The van der Waals surface area contributed by atoms with Crippen molar-refractivity contribution in [2.24, 2.45) is 0 Å². The number of hydrogen-bond acceptors (Lipinski definition) is 15. The maximum atomic E-state index is 10.4. The predicted molar refractivity (Wildman–Crippen MR) is 140 cm³/mol. The minimum Gasteiger partial charge on any atom is -0.507 e. The number of aliphatic hydroxyl groups excluding tert-OH is 8. The van der Waals surface area contributed by atoms with Crippen LogP contribution >= 0.6 is 0 Å². The molecule has 2 aliphatic heterocycles. The van der Waals surface area contributed by atoms with Crippen LogP contribution in [0.3, 0.4) is 0 Å². The quantitative estimate of drug-likeness (QED) is 0.100. The Morgan fingerprint density at radius 1 is 0.605 bits per heavy atom. The summed E-state index contributed by atoms with van der Waals surface area (Å²) in [5.74, 6) is -1.39. The first-order chi connectivity index (χ1) is 20.3. The maximum absolute atomic E-state index is 10.4. The van der Waals surface area contributed by atoms with Gasteiger partial charge in [0, 0.05) is 18.2 Å². The molecule has 234 valence electrons. The van der Waals surface area contributed by atoms with E-state index in [2.05, 4.69) is 0 Å². The van der Waals surface area contributed by atoms with Crippen LogP contribution in [-0.4, -0.2) is 131 Å². The largest absolute Gasteiger partial charge is 0.507 e. The fraction of sp³-hybridized carbons (Fsp3) is 0.444. The zero-order valence-corrected chi connectivity index (χ0v) is 22.1. The van der Waals surface area contributed by atoms with Crippen molar-refractivity contribution in [2.45, 2.75) is 61.4 Å². The minimum atomic E-state index is -1.82. The molecule has 5 rings (SSSR count). The molecule has 16 heteroatoms. The summed E-state index contributed by atoms with van der Waals surface area (Å²) in [4.78, 5) is 0. The Morgan fingerprint density at radius 3 is 1.72 bits per heavy atom. The van der Waals surface area contributed by atoms with Crippen molar-refractivity contribution in [1.82, 2.24) is 0 Å². The van der Waals surface area contributed by atoms with Crippen LogP contribution in [0.25, 0.3) is 22.3 Å². The highest BCUT2D eigenvalue weighted by atomic mass is 16.7. The van der Waals surface area contributed by atoms with E-state index in [-0.39, 0.29) is 39.5 Å². The van der Waals surface area contributed by atoms with E-state index in [1.165, 1.54) is 30.3 Å². The molecule has 2 aromatic carbocycles. The lowest BCUT2D eigenvalue weighted by Crippen LogP contribution is -2.58. The van der Waals surface area contributed by atoms with Gasteiger partial charge >= 0.3 is 11.3 Å². The number of benzene rings is 2. The first-order valence-corrected chi connectivity index (χ1v) is 13.0. The van der Waals surface area contributed by atoms with Crippen LogP contribution in [0.15, 0.2) is 40.8 Å². The summed E-state index contributed by atoms with van der Waals surface area (Å²) >= 11 is 0. The molecule has 0 amide bonds. The Balaban J connectivity index is 1.50. The average Bonchev–Trinajstić information content (AvgIpc) is 2.98.